The van der Waals surface area contributed by atoms with Crippen molar-refractivity contribution in [3.8, 4) is 5.75 Å². The van der Waals surface area contributed by atoms with Gasteiger partial charge >= 0.3 is 0 Å². The average Bonchev–Trinajstić information content (AvgIpc) is 2.82. The topological polar surface area (TPSA) is 72.8 Å². The first-order valence-corrected chi connectivity index (χ1v) is 5.43. The van der Waals surface area contributed by atoms with Crippen LogP contribution in [0.1, 0.15) is 34.0 Å². The maximum absolute atomic E-state index is 10.2. The fraction of sp³-hybridized carbons (Fsp3) is 0.462. The molecule has 0 radical (unpaired) electrons. The minimum atomic E-state index is -3.04. The lowest BCUT2D eigenvalue weighted by molar-refractivity contribution is 0.0711. The highest BCUT2D eigenvalue weighted by atomic mass is 16.5. The molecule has 18 heavy (non-hydrogen) atoms. The predicted octanol–water partition coefficient (Wildman–Crippen LogP) is 1.63. The number of nitrogen functional groups attached to an aromatic ring is 1. The standard InChI is InChI=1S/C13H19N3O2/c1-13(2,17)5-4-9-6-10-7-11(14)12(18-3)8-16(10)15-9/h6-8,17H,4-5,14H2,1-3H3/i1D3,2D3. The lowest BCUT2D eigenvalue weighted by atomic mass is 10.0. The summed E-state index contributed by atoms with van der Waals surface area (Å²) in [6.45, 7) is -6.07. The van der Waals surface area contributed by atoms with E-state index in [1.54, 1.807) is 18.3 Å². The molecular weight excluding hydrogens is 230 g/mol. The van der Waals surface area contributed by atoms with Gasteiger partial charge in [0.15, 0.2) is 5.75 Å². The number of methoxy groups -OCH3 is 1. The SMILES string of the molecule is [2H]C([2H])([2H])C(O)(CCc1cc2cc(N)c(OC)cn2n1)C([2H])([2H])[2H]. The number of aromatic nitrogens is 2. The largest absolute Gasteiger partial charge is 0.493 e. The summed E-state index contributed by atoms with van der Waals surface area (Å²) in [5, 5.41) is 14.5. The van der Waals surface area contributed by atoms with Crippen LogP contribution in [0.3, 0.4) is 0 Å². The van der Waals surface area contributed by atoms with Crippen molar-refractivity contribution in [2.75, 3.05) is 12.8 Å². The number of rotatable bonds is 4. The van der Waals surface area contributed by atoms with Crippen molar-refractivity contribution in [3.05, 3.63) is 24.0 Å². The Labute approximate surface area is 115 Å². The summed E-state index contributed by atoms with van der Waals surface area (Å²) in [6.07, 6.45) is 1.07. The number of hydrogen-bond acceptors (Lipinski definition) is 4. The van der Waals surface area contributed by atoms with Crippen molar-refractivity contribution in [2.45, 2.75) is 32.1 Å². The molecule has 2 aromatic rings. The van der Waals surface area contributed by atoms with Crippen LogP contribution in [0.5, 0.6) is 5.75 Å². The number of aliphatic hydroxyl groups is 1. The van der Waals surface area contributed by atoms with Gasteiger partial charge in [-0.25, -0.2) is 4.52 Å². The van der Waals surface area contributed by atoms with Gasteiger partial charge in [0.2, 0.25) is 0 Å². The van der Waals surface area contributed by atoms with Crippen molar-refractivity contribution in [1.29, 1.82) is 0 Å². The van der Waals surface area contributed by atoms with Crippen LogP contribution in [0.15, 0.2) is 18.3 Å². The summed E-state index contributed by atoms with van der Waals surface area (Å²) in [6, 6.07) is 3.28. The zero-order chi connectivity index (χ0) is 18.3. The molecule has 2 rings (SSSR count). The zero-order valence-corrected chi connectivity index (χ0v) is 9.97. The van der Waals surface area contributed by atoms with Crippen molar-refractivity contribution in [2.24, 2.45) is 0 Å². The van der Waals surface area contributed by atoms with Gasteiger partial charge in [-0.15, -0.1) is 0 Å². The first-order valence-electron chi connectivity index (χ1n) is 8.43. The van der Waals surface area contributed by atoms with E-state index < -0.39 is 25.7 Å². The maximum atomic E-state index is 10.2. The van der Waals surface area contributed by atoms with Crippen LogP contribution in [0.2, 0.25) is 0 Å². The van der Waals surface area contributed by atoms with Crippen LogP contribution >= 0.6 is 0 Å². The molecule has 0 spiro atoms. The minimum absolute atomic E-state index is 0.0167. The Bertz CT molecular complexity index is 724. The minimum Gasteiger partial charge on any atom is -0.493 e. The molecule has 0 unspecified atom stereocenters. The molecular formula is C13H19N3O2. The molecule has 0 saturated heterocycles. The van der Waals surface area contributed by atoms with E-state index in [9.17, 15) is 5.11 Å². The first kappa shape index (κ1) is 6.99. The van der Waals surface area contributed by atoms with Gasteiger partial charge in [-0.3, -0.25) is 0 Å². The van der Waals surface area contributed by atoms with E-state index in [0.29, 0.717) is 22.6 Å². The molecule has 0 aliphatic rings. The third-order valence-electron chi connectivity index (χ3n) is 2.61. The van der Waals surface area contributed by atoms with Crippen molar-refractivity contribution in [3.63, 3.8) is 0 Å². The quantitative estimate of drug-likeness (QED) is 0.871. The van der Waals surface area contributed by atoms with Gasteiger partial charge in [0, 0.05) is 8.22 Å². The number of ether oxygens (including phenoxy) is 1. The van der Waals surface area contributed by atoms with Gasteiger partial charge in [-0.05, 0) is 38.7 Å². The first-order chi connectivity index (χ1) is 10.9. The van der Waals surface area contributed by atoms with E-state index >= 15 is 0 Å². The van der Waals surface area contributed by atoms with E-state index in [1.807, 2.05) is 0 Å². The van der Waals surface area contributed by atoms with E-state index in [2.05, 4.69) is 5.10 Å². The molecule has 0 aliphatic heterocycles. The number of nitrogens with zero attached hydrogens (tertiary/aromatic N) is 2. The van der Waals surface area contributed by atoms with E-state index in [-0.39, 0.29) is 6.42 Å². The molecule has 3 N–H and O–H groups in total. The lowest BCUT2D eigenvalue weighted by Gasteiger charge is -2.15. The van der Waals surface area contributed by atoms with Crippen LogP contribution in [0.25, 0.3) is 5.52 Å². The van der Waals surface area contributed by atoms with Crippen LogP contribution in [0, 0.1) is 0 Å². The number of aryl methyl sites for hydroxylation is 1. The van der Waals surface area contributed by atoms with Crippen LogP contribution in [-0.4, -0.2) is 27.4 Å². The zero-order valence-electron chi connectivity index (χ0n) is 16.0. The molecule has 0 saturated carbocycles. The summed E-state index contributed by atoms with van der Waals surface area (Å²) < 4.78 is 50.7. The summed E-state index contributed by atoms with van der Waals surface area (Å²) in [7, 11) is 1.47. The number of pyridine rings is 1. The van der Waals surface area contributed by atoms with E-state index in [0.717, 1.165) is 0 Å². The number of hydrogen-bond donors (Lipinski definition) is 2. The Morgan fingerprint density at radius 2 is 2.33 bits per heavy atom. The van der Waals surface area contributed by atoms with Gasteiger partial charge in [0.25, 0.3) is 0 Å². The summed E-state index contributed by atoms with van der Waals surface area (Å²) in [4.78, 5) is 0. The summed E-state index contributed by atoms with van der Waals surface area (Å²) >= 11 is 0. The molecule has 0 bridgehead atoms. The molecule has 5 nitrogen and oxygen atoms in total. The van der Waals surface area contributed by atoms with E-state index in [4.69, 9.17) is 18.7 Å². The molecule has 5 heteroatoms. The Hall–Kier alpha value is -1.75. The van der Waals surface area contributed by atoms with Gasteiger partial charge in [-0.2, -0.15) is 5.10 Å². The lowest BCUT2D eigenvalue weighted by Crippen LogP contribution is -2.19. The van der Waals surface area contributed by atoms with Gasteiger partial charge in [0.05, 0.1) is 35.8 Å². The highest BCUT2D eigenvalue weighted by Gasteiger charge is 2.14. The summed E-state index contributed by atoms with van der Waals surface area (Å²) in [5.41, 5.74) is 4.51. The second kappa shape index (κ2) is 4.49. The number of anilines is 1. The molecule has 0 aromatic carbocycles. The molecule has 0 atom stereocenters. The summed E-state index contributed by atoms with van der Waals surface area (Å²) in [5.74, 6) is 0.429. The van der Waals surface area contributed by atoms with Crippen LogP contribution in [0.4, 0.5) is 5.69 Å². The Morgan fingerprint density at radius 3 is 3.00 bits per heavy atom. The van der Waals surface area contributed by atoms with Crippen molar-refractivity contribution >= 4 is 11.2 Å². The molecule has 2 aromatic heterocycles. The maximum Gasteiger partial charge on any atom is 0.160 e. The average molecular weight is 255 g/mol. The molecule has 0 fully saturated rings. The fourth-order valence-corrected chi connectivity index (χ4v) is 1.69. The second-order valence-electron chi connectivity index (χ2n) is 4.16. The molecule has 0 amide bonds. The van der Waals surface area contributed by atoms with Crippen molar-refractivity contribution < 1.29 is 18.1 Å². The number of fused-ring (bicyclic) bond motifs is 1. The Morgan fingerprint density at radius 1 is 1.56 bits per heavy atom. The molecule has 98 valence electrons. The second-order valence-corrected chi connectivity index (χ2v) is 4.16. The third-order valence-corrected chi connectivity index (χ3v) is 2.61. The van der Waals surface area contributed by atoms with Gasteiger partial charge in [0.1, 0.15) is 0 Å². The highest BCUT2D eigenvalue weighted by Crippen LogP contribution is 2.23. The van der Waals surface area contributed by atoms with Crippen LogP contribution in [-0.2, 0) is 6.42 Å². The highest BCUT2D eigenvalue weighted by molar-refractivity contribution is 5.63. The monoisotopic (exact) mass is 255 g/mol. The normalized spacial score (nSPS) is 18.3. The van der Waals surface area contributed by atoms with E-state index in [1.165, 1.54) is 11.6 Å². The Balaban J connectivity index is 2.29. The van der Waals surface area contributed by atoms with Crippen LogP contribution < -0.4 is 10.5 Å². The molecule has 0 aliphatic carbocycles. The smallest absolute Gasteiger partial charge is 0.160 e. The molecule has 2 heterocycles. The predicted molar refractivity (Wildman–Crippen MR) is 70.8 cm³/mol. The number of nitrogens with two attached hydrogens (primary N) is 1. The van der Waals surface area contributed by atoms with Gasteiger partial charge < -0.3 is 15.6 Å². The third kappa shape index (κ3) is 2.73. The van der Waals surface area contributed by atoms with Gasteiger partial charge in [-0.1, -0.05) is 0 Å². The Kier molecular flexibility index (Phi) is 1.75. The van der Waals surface area contributed by atoms with Crippen molar-refractivity contribution in [1.82, 2.24) is 9.61 Å². The fourth-order valence-electron chi connectivity index (χ4n) is 1.69.